The van der Waals surface area contributed by atoms with Crippen molar-refractivity contribution in [2.24, 2.45) is 0 Å². The Kier molecular flexibility index (Phi) is 6.80. The molecule has 0 heterocycles. The van der Waals surface area contributed by atoms with Crippen LogP contribution in [0.2, 0.25) is 0 Å². The van der Waals surface area contributed by atoms with Gasteiger partial charge in [-0.15, -0.1) is 0 Å². The molecule has 1 rings (SSSR count). The van der Waals surface area contributed by atoms with Gasteiger partial charge in [-0.25, -0.2) is 0 Å². The van der Waals surface area contributed by atoms with E-state index in [1.165, 1.54) is 0 Å². The molecule has 0 saturated carbocycles. The highest BCUT2D eigenvalue weighted by Crippen LogP contribution is 1.94. The van der Waals surface area contributed by atoms with Crippen molar-refractivity contribution in [1.82, 2.24) is 5.32 Å². The Labute approximate surface area is 78.0 Å². The van der Waals surface area contributed by atoms with Gasteiger partial charge in [0.25, 0.3) is 5.91 Å². The van der Waals surface area contributed by atoms with E-state index >= 15 is 0 Å². The number of hydrogen-bond acceptors (Lipinski definition) is 1. The topological polar surface area (TPSA) is 92.1 Å². The summed E-state index contributed by atoms with van der Waals surface area (Å²) in [6.07, 6.45) is 0. The maximum atomic E-state index is 11.0. The molecule has 70 valence electrons. The maximum Gasteiger partial charge on any atom is 0.250 e. The van der Waals surface area contributed by atoms with Crippen molar-refractivity contribution in [2.45, 2.75) is 0 Å². The first-order chi connectivity index (χ1) is 5.24. The van der Waals surface area contributed by atoms with E-state index in [9.17, 15) is 4.79 Å². The van der Waals surface area contributed by atoms with Gasteiger partial charge in [0, 0.05) is 12.6 Å². The monoisotopic (exact) mass is 181 g/mol. The van der Waals surface area contributed by atoms with Gasteiger partial charge in [-0.3, -0.25) is 4.79 Å². The van der Waals surface area contributed by atoms with Crippen molar-refractivity contribution in [3.8, 4) is 0 Å². The summed E-state index contributed by atoms with van der Waals surface area (Å²) in [5.74, 6) is -0.114. The molecular weight excluding hydrogens is 169 g/mol. The Bertz CT molecular complexity index is 278. The molecule has 0 fully saturated rings. The Morgan fingerprint density at radius 1 is 1.38 bits per heavy atom. The van der Waals surface area contributed by atoms with Crippen molar-refractivity contribution >= 4 is 19.2 Å². The second kappa shape index (κ2) is 6.22. The summed E-state index contributed by atoms with van der Waals surface area (Å²) in [5.41, 5.74) is 1.19. The van der Waals surface area contributed by atoms with Crippen molar-refractivity contribution in [3.63, 3.8) is 0 Å². The quantitative estimate of drug-likeness (QED) is 0.508. The van der Waals surface area contributed by atoms with Gasteiger partial charge in [0.1, 0.15) is 7.85 Å². The van der Waals surface area contributed by atoms with Crippen LogP contribution in [0.4, 0.5) is 0 Å². The first-order valence-corrected chi connectivity index (χ1v) is 3.31. The fourth-order valence-electron chi connectivity index (χ4n) is 0.824. The lowest BCUT2D eigenvalue weighted by atomic mass is 9.94. The molecule has 0 aliphatic rings. The summed E-state index contributed by atoms with van der Waals surface area (Å²) in [5, 5.41) is 2.51. The average molecular weight is 181 g/mol. The lowest BCUT2D eigenvalue weighted by Crippen LogP contribution is -2.19. The number of benzene rings is 1. The third-order valence-electron chi connectivity index (χ3n) is 1.38. The lowest BCUT2D eigenvalue weighted by Gasteiger charge is -1.99. The van der Waals surface area contributed by atoms with Crippen molar-refractivity contribution in [2.75, 3.05) is 7.05 Å². The third kappa shape index (κ3) is 3.73. The smallest absolute Gasteiger partial charge is 0.250 e. The van der Waals surface area contributed by atoms with E-state index in [2.05, 4.69) is 5.32 Å². The van der Waals surface area contributed by atoms with Crippen molar-refractivity contribution in [3.05, 3.63) is 29.8 Å². The van der Waals surface area contributed by atoms with Crippen molar-refractivity contribution in [1.29, 1.82) is 0 Å². The van der Waals surface area contributed by atoms with E-state index in [0.29, 0.717) is 11.0 Å². The molecule has 2 radical (unpaired) electrons. The number of amides is 1. The molecule has 0 bridgehead atoms. The van der Waals surface area contributed by atoms with Crippen LogP contribution in [0.3, 0.4) is 0 Å². The molecule has 5 heteroatoms. The van der Waals surface area contributed by atoms with Gasteiger partial charge in [-0.1, -0.05) is 23.7 Å². The van der Waals surface area contributed by atoms with Gasteiger partial charge in [0.15, 0.2) is 0 Å². The van der Waals surface area contributed by atoms with E-state index in [1.807, 2.05) is 0 Å². The van der Waals surface area contributed by atoms with Crippen LogP contribution in [-0.4, -0.2) is 31.8 Å². The van der Waals surface area contributed by atoms with Gasteiger partial charge in [0.05, 0.1) is 0 Å². The molecule has 1 amide bonds. The Morgan fingerprint density at radius 2 is 2.00 bits per heavy atom. The lowest BCUT2D eigenvalue weighted by molar-refractivity contribution is 0.0963. The summed E-state index contributed by atoms with van der Waals surface area (Å²) < 4.78 is 0. The van der Waals surface area contributed by atoms with Crippen LogP contribution in [-0.2, 0) is 0 Å². The summed E-state index contributed by atoms with van der Waals surface area (Å²) in [4.78, 5) is 11.0. The van der Waals surface area contributed by atoms with Crippen LogP contribution in [0.5, 0.6) is 0 Å². The molecule has 13 heavy (non-hydrogen) atoms. The summed E-state index contributed by atoms with van der Waals surface area (Å²) in [7, 11) is 7.06. The minimum atomic E-state index is -0.114. The normalized spacial score (nSPS) is 7.77. The number of hydrogen-bond donors (Lipinski definition) is 1. The second-order valence-electron chi connectivity index (χ2n) is 2.20. The molecule has 5 N–H and O–H groups in total. The minimum Gasteiger partial charge on any atom is -0.412 e. The number of rotatable bonds is 1. The van der Waals surface area contributed by atoms with Crippen LogP contribution in [0.25, 0.3) is 0 Å². The van der Waals surface area contributed by atoms with Gasteiger partial charge in [0.2, 0.25) is 0 Å². The molecule has 0 atom stereocenters. The molecule has 0 spiro atoms. The number of nitrogens with one attached hydrogen (secondary N) is 1. The van der Waals surface area contributed by atoms with E-state index in [-0.39, 0.29) is 16.9 Å². The zero-order valence-corrected chi connectivity index (χ0v) is 7.29. The molecular formula is C8H12BNO3. The molecule has 1 aromatic rings. The molecule has 0 unspecified atom stereocenters. The third-order valence-corrected chi connectivity index (χ3v) is 1.38. The van der Waals surface area contributed by atoms with E-state index in [4.69, 9.17) is 7.85 Å². The summed E-state index contributed by atoms with van der Waals surface area (Å²) >= 11 is 0. The zero-order valence-electron chi connectivity index (χ0n) is 7.29. The molecule has 0 aliphatic heterocycles. The Hall–Kier alpha value is -1.33. The highest BCUT2D eigenvalue weighted by molar-refractivity contribution is 6.32. The van der Waals surface area contributed by atoms with Crippen LogP contribution in [0.1, 0.15) is 10.4 Å². The van der Waals surface area contributed by atoms with Crippen LogP contribution < -0.4 is 10.8 Å². The largest absolute Gasteiger partial charge is 0.412 e. The van der Waals surface area contributed by atoms with Crippen LogP contribution >= 0.6 is 0 Å². The van der Waals surface area contributed by atoms with Gasteiger partial charge in [-0.2, -0.15) is 0 Å². The van der Waals surface area contributed by atoms with E-state index in [0.717, 1.165) is 0 Å². The van der Waals surface area contributed by atoms with Gasteiger partial charge < -0.3 is 16.3 Å². The summed E-state index contributed by atoms with van der Waals surface area (Å²) in [6, 6.07) is 6.85. The molecule has 0 aromatic heterocycles. The number of carbonyl (C=O) groups excluding carboxylic acids is 1. The standard InChI is InChI=1S/C8H8BNO.2H2O/c1-10-8(11)6-3-2-4-7(9)5-6;;/h2-5H,1H3,(H,10,11);2*1H2. The van der Waals surface area contributed by atoms with Crippen LogP contribution in [0.15, 0.2) is 24.3 Å². The van der Waals surface area contributed by atoms with E-state index < -0.39 is 0 Å². The predicted molar refractivity (Wildman–Crippen MR) is 52.4 cm³/mol. The summed E-state index contributed by atoms with van der Waals surface area (Å²) in [6.45, 7) is 0. The predicted octanol–water partition coefficient (Wildman–Crippen LogP) is -1.81. The molecule has 1 aromatic carbocycles. The Morgan fingerprint density at radius 3 is 2.46 bits per heavy atom. The molecule has 4 nitrogen and oxygen atoms in total. The van der Waals surface area contributed by atoms with E-state index in [1.54, 1.807) is 31.3 Å². The molecule has 0 aliphatic carbocycles. The zero-order chi connectivity index (χ0) is 8.27. The van der Waals surface area contributed by atoms with Gasteiger partial charge in [-0.05, 0) is 6.07 Å². The maximum absolute atomic E-state index is 11.0. The SMILES string of the molecule is O.O.[B]c1cccc(C(=O)NC)c1. The highest BCUT2D eigenvalue weighted by atomic mass is 16.1. The fourth-order valence-corrected chi connectivity index (χ4v) is 0.824. The first kappa shape index (κ1) is 14.2. The Balaban J connectivity index is 0. The first-order valence-electron chi connectivity index (χ1n) is 3.31. The minimum absolute atomic E-state index is 0. The second-order valence-corrected chi connectivity index (χ2v) is 2.20. The average Bonchev–Trinajstić information content (AvgIpc) is 2.03. The number of carbonyl (C=O) groups is 1. The van der Waals surface area contributed by atoms with Crippen molar-refractivity contribution < 1.29 is 15.7 Å². The van der Waals surface area contributed by atoms with Crippen LogP contribution in [0, 0.1) is 0 Å². The van der Waals surface area contributed by atoms with Gasteiger partial charge >= 0.3 is 0 Å². The fraction of sp³-hybridized carbons (Fsp3) is 0.125. The molecule has 0 saturated heterocycles. The highest BCUT2D eigenvalue weighted by Gasteiger charge is 1.99.